The molecular weight excluding hydrogens is 431 g/mol. The molecule has 168 valence electrons. The summed E-state index contributed by atoms with van der Waals surface area (Å²) in [6, 6.07) is 7.70. The third-order valence-electron chi connectivity index (χ3n) is 5.08. The van der Waals surface area contributed by atoms with Gasteiger partial charge in [0.05, 0.1) is 19.4 Å². The minimum atomic E-state index is -4.33. The largest absolute Gasteiger partial charge is 0.461 e. The van der Waals surface area contributed by atoms with Gasteiger partial charge in [-0.15, -0.1) is 11.8 Å². The van der Waals surface area contributed by atoms with Gasteiger partial charge in [0.15, 0.2) is 5.69 Å². The summed E-state index contributed by atoms with van der Waals surface area (Å²) in [5, 5.41) is 4.11. The van der Waals surface area contributed by atoms with Crippen LogP contribution < -0.4 is 0 Å². The van der Waals surface area contributed by atoms with E-state index in [1.54, 1.807) is 23.6 Å². The number of hydrogen-bond acceptors (Lipinski definition) is 5. The van der Waals surface area contributed by atoms with Crippen molar-refractivity contribution >= 4 is 23.6 Å². The molecule has 1 aromatic carbocycles. The molecule has 0 atom stereocenters. The molecule has 2 heterocycles. The zero-order chi connectivity index (χ0) is 22.6. The van der Waals surface area contributed by atoms with Gasteiger partial charge in [-0.1, -0.05) is 12.1 Å². The van der Waals surface area contributed by atoms with Gasteiger partial charge in [-0.25, -0.2) is 4.79 Å². The molecular formula is C21H24F3N3O3S. The molecule has 0 aliphatic carbocycles. The number of nitrogens with zero attached hydrogens (tertiary/aromatic N) is 3. The second kappa shape index (κ2) is 9.76. The Kier molecular flexibility index (Phi) is 7.30. The van der Waals surface area contributed by atoms with E-state index in [1.165, 1.54) is 4.68 Å². The van der Waals surface area contributed by atoms with E-state index >= 15 is 0 Å². The summed E-state index contributed by atoms with van der Waals surface area (Å²) >= 11 is 1.61. The van der Waals surface area contributed by atoms with E-state index in [0.29, 0.717) is 24.2 Å². The Morgan fingerprint density at radius 3 is 2.55 bits per heavy atom. The highest BCUT2D eigenvalue weighted by atomic mass is 32.2. The Morgan fingerprint density at radius 2 is 1.94 bits per heavy atom. The summed E-state index contributed by atoms with van der Waals surface area (Å²) < 4.78 is 44.3. The van der Waals surface area contributed by atoms with Gasteiger partial charge in [0, 0.05) is 42.2 Å². The highest BCUT2D eigenvalue weighted by Gasteiger charge is 2.33. The van der Waals surface area contributed by atoms with Crippen molar-refractivity contribution in [2.24, 2.45) is 0 Å². The second-order valence-corrected chi connectivity index (χ2v) is 8.05. The Balaban J connectivity index is 1.79. The first kappa shape index (κ1) is 23.2. The number of esters is 1. The van der Waals surface area contributed by atoms with E-state index in [2.05, 4.69) is 5.10 Å². The van der Waals surface area contributed by atoms with Crippen molar-refractivity contribution in [3.63, 3.8) is 0 Å². The van der Waals surface area contributed by atoms with Crippen molar-refractivity contribution in [2.75, 3.05) is 19.4 Å². The van der Waals surface area contributed by atoms with Crippen LogP contribution in [0.15, 0.2) is 29.2 Å². The zero-order valence-corrected chi connectivity index (χ0v) is 18.2. The number of halogens is 3. The predicted molar refractivity (Wildman–Crippen MR) is 110 cm³/mol. The Bertz CT molecular complexity index is 942. The minimum Gasteiger partial charge on any atom is -0.461 e. The number of alkyl halides is 3. The van der Waals surface area contributed by atoms with Gasteiger partial charge < -0.3 is 9.64 Å². The summed E-state index contributed by atoms with van der Waals surface area (Å²) in [6.07, 6.45) is -2.86. The van der Waals surface area contributed by atoms with Gasteiger partial charge in [0.25, 0.3) is 0 Å². The summed E-state index contributed by atoms with van der Waals surface area (Å²) in [5.41, 5.74) is 1.89. The molecule has 0 N–H and O–H groups in total. The summed E-state index contributed by atoms with van der Waals surface area (Å²) in [4.78, 5) is 27.9. The molecule has 0 radical (unpaired) electrons. The van der Waals surface area contributed by atoms with Crippen molar-refractivity contribution in [1.29, 1.82) is 0 Å². The first-order valence-electron chi connectivity index (χ1n) is 9.95. The quantitative estimate of drug-likeness (QED) is 0.469. The Morgan fingerprint density at radius 1 is 1.23 bits per heavy atom. The third kappa shape index (κ3) is 5.81. The number of amides is 1. The van der Waals surface area contributed by atoms with Crippen LogP contribution >= 0.6 is 11.8 Å². The number of benzene rings is 1. The van der Waals surface area contributed by atoms with Crippen molar-refractivity contribution in [2.45, 2.75) is 50.3 Å². The molecule has 1 aliphatic rings. The number of carbonyl (C=O) groups is 2. The lowest BCUT2D eigenvalue weighted by molar-refractivity contribution is -0.137. The number of rotatable bonds is 7. The van der Waals surface area contributed by atoms with Crippen molar-refractivity contribution < 1.29 is 27.5 Å². The molecule has 31 heavy (non-hydrogen) atoms. The fourth-order valence-corrected chi connectivity index (χ4v) is 3.92. The van der Waals surface area contributed by atoms with E-state index in [1.807, 2.05) is 30.5 Å². The topological polar surface area (TPSA) is 64.4 Å². The van der Waals surface area contributed by atoms with Crippen LogP contribution in [0.1, 0.15) is 40.7 Å². The normalized spacial score (nSPS) is 13.8. The van der Waals surface area contributed by atoms with Crippen LogP contribution in [-0.2, 0) is 35.5 Å². The van der Waals surface area contributed by atoms with E-state index < -0.39 is 18.6 Å². The van der Waals surface area contributed by atoms with Crippen LogP contribution in [-0.4, -0.2) is 52.1 Å². The summed E-state index contributed by atoms with van der Waals surface area (Å²) in [7, 11) is 0. The van der Waals surface area contributed by atoms with Crippen LogP contribution in [0.5, 0.6) is 0 Å². The molecule has 0 spiro atoms. The second-order valence-electron chi connectivity index (χ2n) is 7.17. The lowest BCUT2D eigenvalue weighted by Crippen LogP contribution is -2.37. The third-order valence-corrected chi connectivity index (χ3v) is 5.82. The predicted octanol–water partition coefficient (Wildman–Crippen LogP) is 3.86. The van der Waals surface area contributed by atoms with Crippen LogP contribution in [0.3, 0.4) is 0 Å². The standard InChI is InChI=1S/C21H24F3N3O3S/c1-3-30-20(29)19-16-13-26(18(28)12-14-4-6-15(31-2)7-5-14)10-8-17(16)27(25-19)11-9-21(22,23)24/h4-7H,3,8-13H2,1-2H3. The molecule has 2 aromatic rings. The Hall–Kier alpha value is -2.49. The van der Waals surface area contributed by atoms with Gasteiger partial charge in [0.1, 0.15) is 0 Å². The Labute approximate surface area is 182 Å². The lowest BCUT2D eigenvalue weighted by Gasteiger charge is -2.28. The van der Waals surface area contributed by atoms with E-state index in [4.69, 9.17) is 4.74 Å². The number of ether oxygens (including phenoxy) is 1. The lowest BCUT2D eigenvalue weighted by atomic mass is 10.0. The first-order valence-corrected chi connectivity index (χ1v) is 11.2. The molecule has 0 bridgehead atoms. The average Bonchev–Trinajstić information content (AvgIpc) is 3.10. The molecule has 1 aliphatic heterocycles. The van der Waals surface area contributed by atoms with Crippen molar-refractivity contribution in [1.82, 2.24) is 14.7 Å². The molecule has 10 heteroatoms. The van der Waals surface area contributed by atoms with E-state index in [0.717, 1.165) is 10.5 Å². The molecule has 0 saturated carbocycles. The van der Waals surface area contributed by atoms with Crippen LogP contribution in [0.2, 0.25) is 0 Å². The van der Waals surface area contributed by atoms with Crippen molar-refractivity contribution in [3.05, 3.63) is 46.8 Å². The van der Waals surface area contributed by atoms with Crippen LogP contribution in [0.25, 0.3) is 0 Å². The molecule has 6 nitrogen and oxygen atoms in total. The van der Waals surface area contributed by atoms with E-state index in [-0.39, 0.29) is 37.7 Å². The molecule has 1 amide bonds. The number of fused-ring (bicyclic) bond motifs is 1. The van der Waals surface area contributed by atoms with E-state index in [9.17, 15) is 22.8 Å². The SMILES string of the molecule is CCOC(=O)c1nn(CCC(F)(F)F)c2c1CN(C(=O)Cc1ccc(SC)cc1)CC2. The van der Waals surface area contributed by atoms with Gasteiger partial charge in [-0.3, -0.25) is 9.48 Å². The monoisotopic (exact) mass is 455 g/mol. The van der Waals surface area contributed by atoms with Gasteiger partial charge in [-0.05, 0) is 30.9 Å². The maximum absolute atomic E-state index is 12.8. The smallest absolute Gasteiger partial charge is 0.390 e. The minimum absolute atomic E-state index is 0.0131. The highest BCUT2D eigenvalue weighted by molar-refractivity contribution is 7.98. The molecule has 0 fully saturated rings. The highest BCUT2D eigenvalue weighted by Crippen LogP contribution is 2.27. The first-order chi connectivity index (χ1) is 14.7. The molecule has 1 aromatic heterocycles. The summed E-state index contributed by atoms with van der Waals surface area (Å²) in [6.45, 7) is 1.87. The number of thioether (sulfide) groups is 1. The number of aryl methyl sites for hydroxylation is 1. The maximum atomic E-state index is 12.8. The average molecular weight is 456 g/mol. The number of aromatic nitrogens is 2. The van der Waals surface area contributed by atoms with Crippen LogP contribution in [0, 0.1) is 0 Å². The van der Waals surface area contributed by atoms with Gasteiger partial charge >= 0.3 is 12.1 Å². The summed E-state index contributed by atoms with van der Waals surface area (Å²) in [5.74, 6) is -0.799. The molecule has 0 saturated heterocycles. The fourth-order valence-electron chi connectivity index (χ4n) is 3.51. The van der Waals surface area contributed by atoms with Crippen molar-refractivity contribution in [3.8, 4) is 0 Å². The van der Waals surface area contributed by atoms with Crippen LogP contribution in [0.4, 0.5) is 13.2 Å². The van der Waals surface area contributed by atoms with Gasteiger partial charge in [0.2, 0.25) is 5.91 Å². The maximum Gasteiger partial charge on any atom is 0.390 e. The number of hydrogen-bond donors (Lipinski definition) is 0. The molecule has 0 unspecified atom stereocenters. The zero-order valence-electron chi connectivity index (χ0n) is 17.4. The number of carbonyl (C=O) groups excluding carboxylic acids is 2. The fraction of sp³-hybridized carbons (Fsp3) is 0.476. The molecule has 3 rings (SSSR count). The van der Waals surface area contributed by atoms with Gasteiger partial charge in [-0.2, -0.15) is 18.3 Å².